The van der Waals surface area contributed by atoms with E-state index in [1.807, 2.05) is 6.92 Å². The molecule has 1 aromatic carbocycles. The molecule has 2 rings (SSSR count). The molecule has 1 aliphatic rings. The Kier molecular flexibility index (Phi) is 3.88. The molecule has 0 aliphatic heterocycles. The van der Waals surface area contributed by atoms with Crippen molar-refractivity contribution in [1.82, 2.24) is 0 Å². The fraction of sp³-hybridized carbons (Fsp3) is 0.571. The summed E-state index contributed by atoms with van der Waals surface area (Å²) < 4.78 is 14.0. The minimum atomic E-state index is -0.735. The second kappa shape index (κ2) is 5.07. The molecule has 1 aliphatic carbocycles. The van der Waals surface area contributed by atoms with E-state index in [9.17, 15) is 9.50 Å². The van der Waals surface area contributed by atoms with Crippen LogP contribution in [0.1, 0.15) is 38.2 Å². The fourth-order valence-electron chi connectivity index (χ4n) is 2.48. The highest BCUT2D eigenvalue weighted by molar-refractivity contribution is 9.10. The summed E-state index contributed by atoms with van der Waals surface area (Å²) in [5, 5.41) is 10.4. The van der Waals surface area contributed by atoms with Crippen molar-refractivity contribution >= 4 is 15.9 Å². The molecule has 17 heavy (non-hydrogen) atoms. The van der Waals surface area contributed by atoms with E-state index in [0.29, 0.717) is 12.3 Å². The Balaban J connectivity index is 2.04. The molecule has 0 spiro atoms. The molecule has 0 radical (unpaired) electrons. The summed E-state index contributed by atoms with van der Waals surface area (Å²) in [5.74, 6) is 0.403. The summed E-state index contributed by atoms with van der Waals surface area (Å²) in [7, 11) is 0. The Bertz CT molecular complexity index is 399. The molecule has 0 heterocycles. The topological polar surface area (TPSA) is 20.2 Å². The first-order valence-corrected chi connectivity index (χ1v) is 6.92. The van der Waals surface area contributed by atoms with Crippen LogP contribution in [0, 0.1) is 11.7 Å². The zero-order valence-electron chi connectivity index (χ0n) is 10.0. The molecule has 1 unspecified atom stereocenters. The van der Waals surface area contributed by atoms with Gasteiger partial charge in [-0.05, 0) is 43.0 Å². The van der Waals surface area contributed by atoms with Crippen LogP contribution in [0.15, 0.2) is 22.7 Å². The molecule has 1 fully saturated rings. The van der Waals surface area contributed by atoms with Gasteiger partial charge in [-0.15, -0.1) is 0 Å². The van der Waals surface area contributed by atoms with Gasteiger partial charge in [-0.25, -0.2) is 4.39 Å². The molecule has 1 N–H and O–H groups in total. The van der Waals surface area contributed by atoms with Gasteiger partial charge in [0.15, 0.2) is 0 Å². The van der Waals surface area contributed by atoms with Crippen LogP contribution < -0.4 is 0 Å². The minimum absolute atomic E-state index is 0.248. The van der Waals surface area contributed by atoms with Gasteiger partial charge in [0, 0.05) is 10.9 Å². The summed E-state index contributed by atoms with van der Waals surface area (Å²) in [6.07, 6.45) is 5.04. The lowest BCUT2D eigenvalue weighted by Crippen LogP contribution is -2.32. The van der Waals surface area contributed by atoms with E-state index in [2.05, 4.69) is 15.9 Å². The van der Waals surface area contributed by atoms with Crippen LogP contribution in [0.25, 0.3) is 0 Å². The molecule has 1 nitrogen and oxygen atoms in total. The monoisotopic (exact) mass is 300 g/mol. The van der Waals surface area contributed by atoms with Crippen LogP contribution in [0.2, 0.25) is 0 Å². The highest BCUT2D eigenvalue weighted by Crippen LogP contribution is 2.35. The van der Waals surface area contributed by atoms with Gasteiger partial charge in [0.25, 0.3) is 0 Å². The van der Waals surface area contributed by atoms with E-state index in [0.717, 1.165) is 16.5 Å². The number of benzene rings is 1. The Morgan fingerprint density at radius 1 is 1.47 bits per heavy atom. The molecule has 0 saturated heterocycles. The Hall–Kier alpha value is -0.410. The van der Waals surface area contributed by atoms with Crippen LogP contribution in [0.3, 0.4) is 0 Å². The van der Waals surface area contributed by atoms with E-state index in [1.54, 1.807) is 6.07 Å². The van der Waals surface area contributed by atoms with Crippen LogP contribution in [0.4, 0.5) is 4.39 Å². The molecule has 0 amide bonds. The van der Waals surface area contributed by atoms with Crippen LogP contribution >= 0.6 is 15.9 Å². The maximum atomic E-state index is 13.2. The summed E-state index contributed by atoms with van der Waals surface area (Å²) in [6, 6.07) is 4.62. The van der Waals surface area contributed by atoms with Crippen molar-refractivity contribution in [3.05, 3.63) is 34.1 Å². The van der Waals surface area contributed by atoms with Gasteiger partial charge in [0.05, 0.1) is 5.60 Å². The maximum Gasteiger partial charge on any atom is 0.123 e. The minimum Gasteiger partial charge on any atom is -0.390 e. The van der Waals surface area contributed by atoms with Gasteiger partial charge < -0.3 is 5.11 Å². The first-order valence-electron chi connectivity index (χ1n) is 6.13. The van der Waals surface area contributed by atoms with E-state index in [4.69, 9.17) is 0 Å². The second-order valence-corrected chi connectivity index (χ2v) is 6.26. The van der Waals surface area contributed by atoms with Crippen molar-refractivity contribution in [2.75, 3.05) is 0 Å². The first-order chi connectivity index (χ1) is 7.96. The highest BCUT2D eigenvalue weighted by atomic mass is 79.9. The molecular weight excluding hydrogens is 283 g/mol. The standard InChI is InChI=1S/C14H18BrFO/c1-14(17,8-10-3-2-4-10)9-11-7-12(16)5-6-13(11)15/h5-7,10,17H,2-4,8-9H2,1H3. The van der Waals surface area contributed by atoms with Crippen LogP contribution in [-0.4, -0.2) is 10.7 Å². The largest absolute Gasteiger partial charge is 0.390 e. The van der Waals surface area contributed by atoms with Crippen molar-refractivity contribution in [3.8, 4) is 0 Å². The molecule has 1 atom stereocenters. The second-order valence-electron chi connectivity index (χ2n) is 5.41. The normalized spacial score (nSPS) is 19.8. The predicted octanol–water partition coefficient (Wildman–Crippen LogP) is 4.07. The lowest BCUT2D eigenvalue weighted by Gasteiger charge is -2.33. The third kappa shape index (κ3) is 3.52. The van der Waals surface area contributed by atoms with Crippen LogP contribution in [-0.2, 0) is 6.42 Å². The molecule has 0 bridgehead atoms. The van der Waals surface area contributed by atoms with Gasteiger partial charge in [-0.3, -0.25) is 0 Å². The Labute approximate surface area is 110 Å². The van der Waals surface area contributed by atoms with Crippen molar-refractivity contribution in [2.45, 2.75) is 44.6 Å². The molecule has 94 valence electrons. The maximum absolute atomic E-state index is 13.2. The molecule has 3 heteroatoms. The fourth-order valence-corrected chi connectivity index (χ4v) is 2.87. The van der Waals surface area contributed by atoms with Gasteiger partial charge in [-0.2, -0.15) is 0 Å². The van der Waals surface area contributed by atoms with E-state index in [-0.39, 0.29) is 5.82 Å². The third-order valence-electron chi connectivity index (χ3n) is 3.53. The zero-order valence-corrected chi connectivity index (χ0v) is 11.6. The van der Waals surface area contributed by atoms with Gasteiger partial charge >= 0.3 is 0 Å². The summed E-state index contributed by atoms with van der Waals surface area (Å²) >= 11 is 3.40. The smallest absolute Gasteiger partial charge is 0.123 e. The predicted molar refractivity (Wildman–Crippen MR) is 70.4 cm³/mol. The van der Waals surface area contributed by atoms with Gasteiger partial charge in [0.1, 0.15) is 5.82 Å². The van der Waals surface area contributed by atoms with Gasteiger partial charge in [0.2, 0.25) is 0 Å². The van der Waals surface area contributed by atoms with Crippen LogP contribution in [0.5, 0.6) is 0 Å². The molecule has 1 saturated carbocycles. The molecular formula is C14H18BrFO. The lowest BCUT2D eigenvalue weighted by atomic mass is 9.76. The summed E-state index contributed by atoms with van der Waals surface area (Å²) in [5.41, 5.74) is 0.107. The Morgan fingerprint density at radius 2 is 2.18 bits per heavy atom. The van der Waals surface area contributed by atoms with E-state index >= 15 is 0 Å². The summed E-state index contributed by atoms with van der Waals surface area (Å²) in [4.78, 5) is 0. The average Bonchev–Trinajstić information content (AvgIpc) is 2.18. The van der Waals surface area contributed by atoms with E-state index < -0.39 is 5.60 Å². The van der Waals surface area contributed by atoms with Crippen molar-refractivity contribution in [1.29, 1.82) is 0 Å². The third-order valence-corrected chi connectivity index (χ3v) is 4.31. The number of halogens is 2. The van der Waals surface area contributed by atoms with Crippen molar-refractivity contribution < 1.29 is 9.50 Å². The number of hydrogen-bond donors (Lipinski definition) is 1. The van der Waals surface area contributed by atoms with Gasteiger partial charge in [-0.1, -0.05) is 35.2 Å². The lowest BCUT2D eigenvalue weighted by molar-refractivity contribution is 0.0202. The number of hydrogen-bond acceptors (Lipinski definition) is 1. The van der Waals surface area contributed by atoms with Crippen molar-refractivity contribution in [2.24, 2.45) is 5.92 Å². The zero-order chi connectivity index (χ0) is 12.5. The average molecular weight is 301 g/mol. The quantitative estimate of drug-likeness (QED) is 0.888. The number of aliphatic hydroxyl groups is 1. The SMILES string of the molecule is CC(O)(Cc1cc(F)ccc1Br)CC1CCC1. The Morgan fingerprint density at radius 3 is 2.76 bits per heavy atom. The first kappa shape index (κ1) is 13.0. The number of rotatable bonds is 4. The molecule has 1 aromatic rings. The summed E-state index contributed by atoms with van der Waals surface area (Å²) in [6.45, 7) is 1.85. The van der Waals surface area contributed by atoms with E-state index in [1.165, 1.54) is 31.4 Å². The van der Waals surface area contributed by atoms with Crippen molar-refractivity contribution in [3.63, 3.8) is 0 Å². The highest BCUT2D eigenvalue weighted by Gasteiger charge is 2.29. The molecule has 0 aromatic heterocycles.